The van der Waals surface area contributed by atoms with Crippen LogP contribution in [0.4, 0.5) is 0 Å². The smallest absolute Gasteiger partial charge is 0.195 e. The normalized spacial score (nSPS) is 10.7. The van der Waals surface area contributed by atoms with Crippen molar-refractivity contribution in [3.8, 4) is 5.69 Å². The fourth-order valence-electron chi connectivity index (χ4n) is 1.56. The van der Waals surface area contributed by atoms with E-state index in [4.69, 9.17) is 0 Å². The molecule has 84 valence electrons. The van der Waals surface area contributed by atoms with E-state index in [1.165, 1.54) is 5.56 Å². The molecule has 4 heteroatoms. The number of hydrogen-bond donors (Lipinski definition) is 0. The SMILES string of the molecule is CCSc1nnc(C)n1-c1ccc(C)cc1. The van der Waals surface area contributed by atoms with Crippen LogP contribution >= 0.6 is 11.8 Å². The van der Waals surface area contributed by atoms with Gasteiger partial charge in [-0.25, -0.2) is 0 Å². The molecule has 0 atom stereocenters. The summed E-state index contributed by atoms with van der Waals surface area (Å²) in [6, 6.07) is 8.42. The van der Waals surface area contributed by atoms with Gasteiger partial charge < -0.3 is 0 Å². The van der Waals surface area contributed by atoms with Crippen LogP contribution in [0.1, 0.15) is 18.3 Å². The standard InChI is InChI=1S/C12H15N3S/c1-4-16-12-14-13-10(3)15(12)11-7-5-9(2)6-8-11/h5-8H,4H2,1-3H3. The molecule has 0 bridgehead atoms. The maximum Gasteiger partial charge on any atom is 0.195 e. The van der Waals surface area contributed by atoms with Gasteiger partial charge in [0.15, 0.2) is 5.16 Å². The highest BCUT2D eigenvalue weighted by Crippen LogP contribution is 2.21. The van der Waals surface area contributed by atoms with Crippen molar-refractivity contribution in [2.75, 3.05) is 5.75 Å². The Morgan fingerprint density at radius 2 is 1.81 bits per heavy atom. The van der Waals surface area contributed by atoms with E-state index in [9.17, 15) is 0 Å². The molecule has 0 N–H and O–H groups in total. The molecule has 16 heavy (non-hydrogen) atoms. The molecule has 0 aliphatic heterocycles. The first-order valence-electron chi connectivity index (χ1n) is 5.34. The summed E-state index contributed by atoms with van der Waals surface area (Å²) in [4.78, 5) is 0. The van der Waals surface area contributed by atoms with Gasteiger partial charge in [0.2, 0.25) is 0 Å². The highest BCUT2D eigenvalue weighted by Gasteiger charge is 2.09. The average Bonchev–Trinajstić information content (AvgIpc) is 2.62. The minimum atomic E-state index is 0.930. The average molecular weight is 233 g/mol. The second kappa shape index (κ2) is 4.70. The zero-order chi connectivity index (χ0) is 11.5. The Kier molecular flexibility index (Phi) is 3.29. The fourth-order valence-corrected chi connectivity index (χ4v) is 2.28. The predicted octanol–water partition coefficient (Wildman–Crippen LogP) is 3.00. The summed E-state index contributed by atoms with van der Waals surface area (Å²) in [6.07, 6.45) is 0. The Labute approximate surface area is 99.9 Å². The maximum atomic E-state index is 4.18. The van der Waals surface area contributed by atoms with E-state index < -0.39 is 0 Å². The van der Waals surface area contributed by atoms with E-state index >= 15 is 0 Å². The van der Waals surface area contributed by atoms with Crippen molar-refractivity contribution in [1.82, 2.24) is 14.8 Å². The molecule has 3 nitrogen and oxygen atoms in total. The lowest BCUT2D eigenvalue weighted by Gasteiger charge is -2.07. The molecule has 2 aromatic rings. The van der Waals surface area contributed by atoms with Crippen LogP contribution in [0.15, 0.2) is 29.4 Å². The number of benzene rings is 1. The summed E-state index contributed by atoms with van der Waals surface area (Å²) in [5, 5.41) is 9.27. The van der Waals surface area contributed by atoms with E-state index in [0.29, 0.717) is 0 Å². The van der Waals surface area contributed by atoms with Crippen LogP contribution in [0.25, 0.3) is 5.69 Å². The second-order valence-electron chi connectivity index (χ2n) is 3.63. The van der Waals surface area contributed by atoms with E-state index in [0.717, 1.165) is 22.4 Å². The van der Waals surface area contributed by atoms with E-state index in [1.54, 1.807) is 11.8 Å². The van der Waals surface area contributed by atoms with Crippen molar-refractivity contribution in [2.24, 2.45) is 0 Å². The highest BCUT2D eigenvalue weighted by molar-refractivity contribution is 7.99. The van der Waals surface area contributed by atoms with Gasteiger partial charge in [-0.15, -0.1) is 10.2 Å². The molecular weight excluding hydrogens is 218 g/mol. The maximum absolute atomic E-state index is 4.18. The third-order valence-corrected chi connectivity index (χ3v) is 3.17. The van der Waals surface area contributed by atoms with Crippen LogP contribution < -0.4 is 0 Å². The summed E-state index contributed by atoms with van der Waals surface area (Å²) in [7, 11) is 0. The van der Waals surface area contributed by atoms with Gasteiger partial charge in [0.05, 0.1) is 0 Å². The Bertz CT molecular complexity index is 474. The number of aromatic nitrogens is 3. The molecule has 2 rings (SSSR count). The molecular formula is C12H15N3S. The number of hydrogen-bond acceptors (Lipinski definition) is 3. The quantitative estimate of drug-likeness (QED) is 0.764. The van der Waals surface area contributed by atoms with Crippen LogP contribution in [0.5, 0.6) is 0 Å². The molecule has 0 saturated carbocycles. The lowest BCUT2D eigenvalue weighted by atomic mass is 10.2. The van der Waals surface area contributed by atoms with Gasteiger partial charge in [-0.1, -0.05) is 36.4 Å². The molecule has 0 amide bonds. The zero-order valence-electron chi connectivity index (χ0n) is 9.77. The van der Waals surface area contributed by atoms with Crippen molar-refractivity contribution < 1.29 is 0 Å². The monoisotopic (exact) mass is 233 g/mol. The topological polar surface area (TPSA) is 30.7 Å². The van der Waals surface area contributed by atoms with Gasteiger partial charge >= 0.3 is 0 Å². The molecule has 0 unspecified atom stereocenters. The van der Waals surface area contributed by atoms with Crippen molar-refractivity contribution >= 4 is 11.8 Å². The van der Waals surface area contributed by atoms with Gasteiger partial charge in [-0.3, -0.25) is 4.57 Å². The third kappa shape index (κ3) is 2.11. The molecule has 0 spiro atoms. The third-order valence-electron chi connectivity index (χ3n) is 2.36. The van der Waals surface area contributed by atoms with Gasteiger partial charge in [0.25, 0.3) is 0 Å². The molecule has 0 fully saturated rings. The van der Waals surface area contributed by atoms with E-state index in [2.05, 4.69) is 52.9 Å². The Morgan fingerprint density at radius 1 is 1.12 bits per heavy atom. The molecule has 0 saturated heterocycles. The van der Waals surface area contributed by atoms with E-state index in [1.807, 2.05) is 6.92 Å². The van der Waals surface area contributed by atoms with Crippen molar-refractivity contribution in [3.63, 3.8) is 0 Å². The first-order valence-corrected chi connectivity index (χ1v) is 6.32. The molecule has 0 aliphatic carbocycles. The number of thioether (sulfide) groups is 1. The summed E-state index contributed by atoms with van der Waals surface area (Å²) in [5.41, 5.74) is 2.39. The molecule has 1 heterocycles. The summed E-state index contributed by atoms with van der Waals surface area (Å²) >= 11 is 1.71. The van der Waals surface area contributed by atoms with Gasteiger partial charge in [-0.2, -0.15) is 0 Å². The van der Waals surface area contributed by atoms with E-state index in [-0.39, 0.29) is 0 Å². The first kappa shape index (κ1) is 11.2. The fraction of sp³-hybridized carbons (Fsp3) is 0.333. The molecule has 1 aromatic carbocycles. The number of aryl methyl sites for hydroxylation is 2. The Hall–Kier alpha value is -1.29. The van der Waals surface area contributed by atoms with Crippen LogP contribution in [-0.2, 0) is 0 Å². The van der Waals surface area contributed by atoms with Crippen molar-refractivity contribution in [2.45, 2.75) is 25.9 Å². The van der Waals surface area contributed by atoms with Crippen LogP contribution in [-0.4, -0.2) is 20.5 Å². The lowest BCUT2D eigenvalue weighted by molar-refractivity contribution is 0.868. The second-order valence-corrected chi connectivity index (χ2v) is 4.86. The highest BCUT2D eigenvalue weighted by atomic mass is 32.2. The van der Waals surface area contributed by atoms with Crippen molar-refractivity contribution in [3.05, 3.63) is 35.7 Å². The lowest BCUT2D eigenvalue weighted by Crippen LogP contribution is -1.99. The Morgan fingerprint density at radius 3 is 2.44 bits per heavy atom. The Balaban J connectivity index is 2.45. The van der Waals surface area contributed by atoms with Crippen LogP contribution in [0, 0.1) is 13.8 Å². The summed E-state index contributed by atoms with van der Waals surface area (Å²) in [6.45, 7) is 6.19. The minimum Gasteiger partial charge on any atom is -0.274 e. The zero-order valence-corrected chi connectivity index (χ0v) is 10.6. The summed E-state index contributed by atoms with van der Waals surface area (Å²) < 4.78 is 2.09. The number of nitrogens with zero attached hydrogens (tertiary/aromatic N) is 3. The largest absolute Gasteiger partial charge is 0.274 e. The first-order chi connectivity index (χ1) is 7.72. The van der Waals surface area contributed by atoms with Crippen LogP contribution in [0.2, 0.25) is 0 Å². The molecule has 1 aromatic heterocycles. The molecule has 0 aliphatic rings. The summed E-state index contributed by atoms with van der Waals surface area (Å²) in [5.74, 6) is 1.93. The molecule has 0 radical (unpaired) electrons. The minimum absolute atomic E-state index is 0.930. The van der Waals surface area contributed by atoms with Gasteiger partial charge in [0.1, 0.15) is 5.82 Å². The predicted molar refractivity (Wildman–Crippen MR) is 67.2 cm³/mol. The van der Waals surface area contributed by atoms with Gasteiger partial charge in [-0.05, 0) is 31.7 Å². The van der Waals surface area contributed by atoms with Crippen LogP contribution in [0.3, 0.4) is 0 Å². The van der Waals surface area contributed by atoms with Crippen molar-refractivity contribution in [1.29, 1.82) is 0 Å². The van der Waals surface area contributed by atoms with Gasteiger partial charge in [0, 0.05) is 5.69 Å². The number of rotatable bonds is 3.